The second-order valence-electron chi connectivity index (χ2n) is 3.19. The summed E-state index contributed by atoms with van der Waals surface area (Å²) in [6.07, 6.45) is 2.85. The van der Waals surface area contributed by atoms with Crippen LogP contribution >= 0.6 is 0 Å². The average Bonchev–Trinajstić information content (AvgIpc) is 2.61. The van der Waals surface area contributed by atoms with Gasteiger partial charge >= 0.3 is 0 Å². The van der Waals surface area contributed by atoms with Gasteiger partial charge in [0.05, 0.1) is 6.04 Å². The highest BCUT2D eigenvalue weighted by atomic mass is 15.5. The van der Waals surface area contributed by atoms with Gasteiger partial charge < -0.3 is 5.73 Å². The zero-order valence-corrected chi connectivity index (χ0v) is 8.27. The van der Waals surface area contributed by atoms with Crippen LogP contribution in [0.5, 0.6) is 0 Å². The van der Waals surface area contributed by atoms with Crippen molar-refractivity contribution in [2.45, 2.75) is 39.2 Å². The molecule has 74 valence electrons. The summed E-state index contributed by atoms with van der Waals surface area (Å²) < 4.78 is 1.88. The molecule has 2 N–H and O–H groups in total. The summed E-state index contributed by atoms with van der Waals surface area (Å²) in [5.74, 6) is 0.944. The fourth-order valence-electron chi connectivity index (χ4n) is 1.15. The fourth-order valence-corrected chi connectivity index (χ4v) is 1.15. The van der Waals surface area contributed by atoms with Crippen molar-refractivity contribution in [2.24, 2.45) is 5.73 Å². The molecule has 1 aromatic heterocycles. The Balaban J connectivity index is 2.65. The molecule has 0 saturated heterocycles. The monoisotopic (exact) mass is 183 g/mol. The van der Waals surface area contributed by atoms with E-state index < -0.39 is 0 Å². The predicted octanol–water partition coefficient (Wildman–Crippen LogP) is 0.535. The van der Waals surface area contributed by atoms with Crippen LogP contribution < -0.4 is 5.73 Å². The summed E-state index contributed by atoms with van der Waals surface area (Å²) >= 11 is 0. The van der Waals surface area contributed by atoms with Gasteiger partial charge in [0.25, 0.3) is 0 Å². The van der Waals surface area contributed by atoms with Crippen molar-refractivity contribution in [2.75, 3.05) is 6.54 Å². The van der Waals surface area contributed by atoms with Crippen molar-refractivity contribution in [3.63, 3.8) is 0 Å². The number of tetrazole rings is 1. The van der Waals surface area contributed by atoms with Gasteiger partial charge in [-0.2, -0.15) is 0 Å². The third kappa shape index (κ3) is 2.48. The Bertz CT molecular complexity index is 244. The van der Waals surface area contributed by atoms with E-state index in [0.29, 0.717) is 12.6 Å². The highest BCUT2D eigenvalue weighted by Gasteiger charge is 2.09. The largest absolute Gasteiger partial charge is 0.330 e. The lowest BCUT2D eigenvalue weighted by Gasteiger charge is -2.09. The molecule has 5 nitrogen and oxygen atoms in total. The lowest BCUT2D eigenvalue weighted by molar-refractivity contribution is 0.446. The van der Waals surface area contributed by atoms with Crippen LogP contribution in [0.25, 0.3) is 0 Å². The minimum atomic E-state index is 0.378. The predicted molar refractivity (Wildman–Crippen MR) is 50.2 cm³/mol. The number of aromatic nitrogens is 4. The Morgan fingerprint density at radius 2 is 2.31 bits per heavy atom. The normalized spacial score (nSPS) is 13.2. The molecule has 0 spiro atoms. The quantitative estimate of drug-likeness (QED) is 0.723. The summed E-state index contributed by atoms with van der Waals surface area (Å²) in [6, 6.07) is 0.378. The molecule has 0 amide bonds. The Morgan fingerprint density at radius 3 is 2.92 bits per heavy atom. The topological polar surface area (TPSA) is 69.6 Å². The van der Waals surface area contributed by atoms with Crippen LogP contribution in [-0.2, 0) is 6.42 Å². The number of nitrogens with zero attached hydrogens (tertiary/aromatic N) is 4. The summed E-state index contributed by atoms with van der Waals surface area (Å²) in [5.41, 5.74) is 5.43. The van der Waals surface area contributed by atoms with Gasteiger partial charge in [-0.3, -0.25) is 0 Å². The van der Waals surface area contributed by atoms with E-state index in [2.05, 4.69) is 29.4 Å². The lowest BCUT2D eigenvalue weighted by atomic mass is 10.2. The molecule has 0 aliphatic carbocycles. The molecule has 0 aliphatic rings. The zero-order chi connectivity index (χ0) is 9.68. The number of nitrogens with two attached hydrogens (primary N) is 1. The minimum Gasteiger partial charge on any atom is -0.330 e. The van der Waals surface area contributed by atoms with Crippen molar-refractivity contribution in [3.8, 4) is 0 Å². The molecule has 0 saturated carbocycles. The summed E-state index contributed by atoms with van der Waals surface area (Å²) in [6.45, 7) is 4.93. The van der Waals surface area contributed by atoms with Crippen LogP contribution in [0.3, 0.4) is 0 Å². The van der Waals surface area contributed by atoms with Gasteiger partial charge in [-0.05, 0) is 36.7 Å². The molecule has 1 heterocycles. The van der Waals surface area contributed by atoms with Crippen LogP contribution in [0.1, 0.15) is 38.6 Å². The third-order valence-electron chi connectivity index (χ3n) is 2.17. The van der Waals surface area contributed by atoms with Crippen LogP contribution in [-0.4, -0.2) is 26.8 Å². The molecule has 0 bridgehead atoms. The highest BCUT2D eigenvalue weighted by Crippen LogP contribution is 2.10. The van der Waals surface area contributed by atoms with E-state index in [1.165, 1.54) is 0 Å². The van der Waals surface area contributed by atoms with Gasteiger partial charge in [-0.25, -0.2) is 4.68 Å². The molecule has 0 aliphatic heterocycles. The number of aryl methyl sites for hydroxylation is 1. The lowest BCUT2D eigenvalue weighted by Crippen LogP contribution is -2.12. The van der Waals surface area contributed by atoms with Crippen molar-refractivity contribution in [1.82, 2.24) is 20.2 Å². The average molecular weight is 183 g/mol. The first-order chi connectivity index (χ1) is 6.29. The van der Waals surface area contributed by atoms with Crippen LogP contribution in [0.2, 0.25) is 0 Å². The summed E-state index contributed by atoms with van der Waals surface area (Å²) in [7, 11) is 0. The van der Waals surface area contributed by atoms with Crippen molar-refractivity contribution < 1.29 is 0 Å². The molecule has 5 heteroatoms. The molecular formula is C8H17N5. The van der Waals surface area contributed by atoms with Gasteiger partial charge in [0.2, 0.25) is 0 Å². The van der Waals surface area contributed by atoms with Gasteiger partial charge in [0.15, 0.2) is 5.82 Å². The van der Waals surface area contributed by atoms with Crippen LogP contribution in [0.15, 0.2) is 0 Å². The van der Waals surface area contributed by atoms with Crippen LogP contribution in [0, 0.1) is 0 Å². The highest BCUT2D eigenvalue weighted by molar-refractivity contribution is 4.83. The maximum Gasteiger partial charge on any atom is 0.151 e. The van der Waals surface area contributed by atoms with Gasteiger partial charge in [-0.1, -0.05) is 6.92 Å². The maximum atomic E-state index is 5.43. The molecule has 1 atom stereocenters. The summed E-state index contributed by atoms with van der Waals surface area (Å²) in [5, 5.41) is 11.6. The second-order valence-corrected chi connectivity index (χ2v) is 3.19. The Labute approximate surface area is 78.3 Å². The molecule has 0 radical (unpaired) electrons. The van der Waals surface area contributed by atoms with Gasteiger partial charge in [-0.15, -0.1) is 5.10 Å². The molecule has 1 rings (SSSR count). The molecule has 1 unspecified atom stereocenters. The summed E-state index contributed by atoms with van der Waals surface area (Å²) in [4.78, 5) is 0. The first-order valence-corrected chi connectivity index (χ1v) is 4.76. The smallest absolute Gasteiger partial charge is 0.151 e. The van der Waals surface area contributed by atoms with Gasteiger partial charge in [0.1, 0.15) is 0 Å². The maximum absolute atomic E-state index is 5.43. The van der Waals surface area contributed by atoms with Crippen molar-refractivity contribution in [3.05, 3.63) is 5.82 Å². The van der Waals surface area contributed by atoms with Gasteiger partial charge in [0, 0.05) is 6.42 Å². The SMILES string of the molecule is CCC(C)n1nnnc1CCCN. The second kappa shape index (κ2) is 4.91. The van der Waals surface area contributed by atoms with E-state index in [0.717, 1.165) is 25.1 Å². The number of hydrogen-bond acceptors (Lipinski definition) is 4. The van der Waals surface area contributed by atoms with E-state index in [4.69, 9.17) is 5.73 Å². The third-order valence-corrected chi connectivity index (χ3v) is 2.17. The van der Waals surface area contributed by atoms with Crippen molar-refractivity contribution in [1.29, 1.82) is 0 Å². The Hall–Kier alpha value is -0.970. The first-order valence-electron chi connectivity index (χ1n) is 4.76. The van der Waals surface area contributed by atoms with Crippen molar-refractivity contribution >= 4 is 0 Å². The molecule has 13 heavy (non-hydrogen) atoms. The zero-order valence-electron chi connectivity index (χ0n) is 8.27. The molecule has 1 aromatic rings. The van der Waals surface area contributed by atoms with E-state index in [9.17, 15) is 0 Å². The molecular weight excluding hydrogens is 166 g/mol. The van der Waals surface area contributed by atoms with Crippen LogP contribution in [0.4, 0.5) is 0 Å². The van der Waals surface area contributed by atoms with E-state index >= 15 is 0 Å². The minimum absolute atomic E-state index is 0.378. The fraction of sp³-hybridized carbons (Fsp3) is 0.875. The standard InChI is InChI=1S/C8H17N5/c1-3-7(2)13-8(5-4-6-9)10-11-12-13/h7H,3-6,9H2,1-2H3. The Morgan fingerprint density at radius 1 is 1.54 bits per heavy atom. The Kier molecular flexibility index (Phi) is 3.82. The van der Waals surface area contributed by atoms with E-state index in [1.807, 2.05) is 4.68 Å². The molecule has 0 aromatic carbocycles. The van der Waals surface area contributed by atoms with E-state index in [1.54, 1.807) is 0 Å². The number of rotatable bonds is 5. The van der Waals surface area contributed by atoms with E-state index in [-0.39, 0.29) is 0 Å². The molecule has 0 fully saturated rings. The first kappa shape index (κ1) is 10.1. The number of hydrogen-bond donors (Lipinski definition) is 1.